The van der Waals surface area contributed by atoms with Gasteiger partial charge in [0.1, 0.15) is 0 Å². The average molecular weight is 384 g/mol. The fourth-order valence-electron chi connectivity index (χ4n) is 4.09. The maximum Gasteiger partial charge on any atom is 0.193 e. The van der Waals surface area contributed by atoms with Crippen LogP contribution >= 0.6 is 0 Å². The second-order valence-electron chi connectivity index (χ2n) is 8.03. The van der Waals surface area contributed by atoms with E-state index in [9.17, 15) is 0 Å². The van der Waals surface area contributed by atoms with Crippen LogP contribution in [0.25, 0.3) is 6.08 Å². The third-order valence-electron chi connectivity index (χ3n) is 5.83. The lowest BCUT2D eigenvalue weighted by Gasteiger charge is -2.31. The molecule has 0 aliphatic carbocycles. The molecular formula is C23H37N5. The minimum absolute atomic E-state index is 1.00. The van der Waals surface area contributed by atoms with Gasteiger partial charge in [-0.1, -0.05) is 42.0 Å². The molecule has 1 N–H and O–H groups in total. The Kier molecular flexibility index (Phi) is 8.37. The second kappa shape index (κ2) is 11.2. The monoisotopic (exact) mass is 383 g/mol. The molecule has 2 aliphatic rings. The third-order valence-corrected chi connectivity index (χ3v) is 5.83. The van der Waals surface area contributed by atoms with Gasteiger partial charge in [0.25, 0.3) is 0 Å². The van der Waals surface area contributed by atoms with Gasteiger partial charge in [0.05, 0.1) is 0 Å². The van der Waals surface area contributed by atoms with Crippen LogP contribution < -0.4 is 5.32 Å². The van der Waals surface area contributed by atoms with Gasteiger partial charge in [-0.3, -0.25) is 4.99 Å². The van der Waals surface area contributed by atoms with Crippen molar-refractivity contribution in [3.8, 4) is 0 Å². The molecule has 2 saturated heterocycles. The van der Waals surface area contributed by atoms with E-state index in [1.807, 2.05) is 7.05 Å². The van der Waals surface area contributed by atoms with Crippen LogP contribution in [0, 0.1) is 0 Å². The molecule has 5 heteroatoms. The van der Waals surface area contributed by atoms with E-state index in [0.29, 0.717) is 0 Å². The quantitative estimate of drug-likeness (QED) is 0.482. The Morgan fingerprint density at radius 2 is 1.82 bits per heavy atom. The van der Waals surface area contributed by atoms with Crippen LogP contribution in [0.5, 0.6) is 0 Å². The number of rotatable bonds is 5. The molecule has 0 amide bonds. The number of likely N-dealkylation sites (N-methyl/N-ethyl adjacent to an activating group) is 1. The third kappa shape index (κ3) is 6.64. The zero-order valence-electron chi connectivity index (χ0n) is 17.7. The van der Waals surface area contributed by atoms with Gasteiger partial charge in [-0.2, -0.15) is 0 Å². The van der Waals surface area contributed by atoms with E-state index in [1.165, 1.54) is 51.1 Å². The first kappa shape index (κ1) is 20.9. The van der Waals surface area contributed by atoms with Crippen molar-refractivity contribution in [1.82, 2.24) is 20.0 Å². The van der Waals surface area contributed by atoms with Crippen molar-refractivity contribution in [2.24, 2.45) is 4.99 Å². The standard InChI is InChI=1S/C23H37N5/c1-24-23(25-12-6-14-27-15-7-13-26(2)18-19-27)28-16-10-22(11-17-28)20-21-8-4-3-5-9-21/h3-5,8-9,20H,6-7,10-19H2,1-2H3,(H,24,25). The van der Waals surface area contributed by atoms with Gasteiger partial charge >= 0.3 is 0 Å². The first-order valence-electron chi connectivity index (χ1n) is 10.9. The highest BCUT2D eigenvalue weighted by Crippen LogP contribution is 2.19. The summed E-state index contributed by atoms with van der Waals surface area (Å²) in [7, 11) is 4.14. The van der Waals surface area contributed by atoms with Crippen molar-refractivity contribution < 1.29 is 0 Å². The maximum atomic E-state index is 4.52. The molecule has 0 bridgehead atoms. The van der Waals surface area contributed by atoms with Crippen molar-refractivity contribution in [2.45, 2.75) is 25.7 Å². The van der Waals surface area contributed by atoms with E-state index < -0.39 is 0 Å². The average Bonchev–Trinajstić information content (AvgIpc) is 2.94. The molecule has 2 heterocycles. The number of hydrogen-bond donors (Lipinski definition) is 1. The molecule has 5 nitrogen and oxygen atoms in total. The zero-order chi connectivity index (χ0) is 19.6. The van der Waals surface area contributed by atoms with Gasteiger partial charge < -0.3 is 20.0 Å². The minimum atomic E-state index is 1.00. The van der Waals surface area contributed by atoms with Crippen LogP contribution in [0.3, 0.4) is 0 Å². The van der Waals surface area contributed by atoms with E-state index in [2.05, 4.69) is 68.5 Å². The summed E-state index contributed by atoms with van der Waals surface area (Å²) < 4.78 is 0. The lowest BCUT2D eigenvalue weighted by atomic mass is 10.0. The largest absolute Gasteiger partial charge is 0.356 e. The summed E-state index contributed by atoms with van der Waals surface area (Å²) in [6, 6.07) is 10.7. The Bertz CT molecular complexity index is 630. The van der Waals surface area contributed by atoms with E-state index in [4.69, 9.17) is 0 Å². The van der Waals surface area contributed by atoms with Crippen molar-refractivity contribution in [3.05, 3.63) is 41.5 Å². The predicted octanol–water partition coefficient (Wildman–Crippen LogP) is 2.77. The topological polar surface area (TPSA) is 34.1 Å². The van der Waals surface area contributed by atoms with Crippen LogP contribution in [-0.2, 0) is 0 Å². The molecule has 2 fully saturated rings. The highest BCUT2D eigenvalue weighted by molar-refractivity contribution is 5.80. The number of piperidine rings is 1. The van der Waals surface area contributed by atoms with E-state index >= 15 is 0 Å². The minimum Gasteiger partial charge on any atom is -0.356 e. The summed E-state index contributed by atoms with van der Waals surface area (Å²) in [5.41, 5.74) is 2.86. The molecule has 154 valence electrons. The molecule has 0 spiro atoms. The van der Waals surface area contributed by atoms with Crippen LogP contribution in [0.2, 0.25) is 0 Å². The molecule has 28 heavy (non-hydrogen) atoms. The Morgan fingerprint density at radius 3 is 2.57 bits per heavy atom. The Morgan fingerprint density at radius 1 is 1.04 bits per heavy atom. The van der Waals surface area contributed by atoms with Crippen molar-refractivity contribution >= 4 is 12.0 Å². The lowest BCUT2D eigenvalue weighted by Crippen LogP contribution is -2.45. The van der Waals surface area contributed by atoms with E-state index in [1.54, 1.807) is 5.57 Å². The molecule has 0 saturated carbocycles. The fourth-order valence-corrected chi connectivity index (χ4v) is 4.09. The molecule has 1 aromatic carbocycles. The summed E-state index contributed by atoms with van der Waals surface area (Å²) in [6.45, 7) is 9.16. The molecule has 0 atom stereocenters. The smallest absolute Gasteiger partial charge is 0.193 e. The molecule has 1 aromatic rings. The van der Waals surface area contributed by atoms with Crippen LogP contribution in [0.1, 0.15) is 31.2 Å². The highest BCUT2D eigenvalue weighted by atomic mass is 15.3. The zero-order valence-corrected chi connectivity index (χ0v) is 17.7. The van der Waals surface area contributed by atoms with Gasteiger partial charge in [0, 0.05) is 39.8 Å². The van der Waals surface area contributed by atoms with Crippen molar-refractivity contribution in [1.29, 1.82) is 0 Å². The summed E-state index contributed by atoms with van der Waals surface area (Å²) in [4.78, 5) is 12.0. The lowest BCUT2D eigenvalue weighted by molar-refractivity contribution is 0.273. The Balaban J connectivity index is 1.37. The maximum absolute atomic E-state index is 4.52. The van der Waals surface area contributed by atoms with E-state index in [0.717, 1.165) is 38.4 Å². The predicted molar refractivity (Wildman–Crippen MR) is 120 cm³/mol. The number of nitrogens with zero attached hydrogens (tertiary/aromatic N) is 4. The van der Waals surface area contributed by atoms with Crippen LogP contribution in [0.15, 0.2) is 40.9 Å². The fraction of sp³-hybridized carbons (Fsp3) is 0.609. The number of guanidine groups is 1. The summed E-state index contributed by atoms with van der Waals surface area (Å²) >= 11 is 0. The number of hydrogen-bond acceptors (Lipinski definition) is 3. The number of aliphatic imine (C=N–C) groups is 1. The van der Waals surface area contributed by atoms with Crippen LogP contribution in [-0.4, -0.2) is 87.1 Å². The first-order valence-corrected chi connectivity index (χ1v) is 10.9. The summed E-state index contributed by atoms with van der Waals surface area (Å²) in [5.74, 6) is 1.06. The SMILES string of the molecule is CN=C(NCCCN1CCCN(C)CC1)N1CCC(=Cc2ccccc2)CC1. The second-order valence-corrected chi connectivity index (χ2v) is 8.03. The van der Waals surface area contributed by atoms with Crippen molar-refractivity contribution in [2.75, 3.05) is 66.5 Å². The first-order chi connectivity index (χ1) is 13.7. The number of likely N-dealkylation sites (tertiary alicyclic amines) is 1. The normalized spacial score (nSPS) is 20.1. The van der Waals surface area contributed by atoms with Gasteiger partial charge in [0.15, 0.2) is 5.96 Å². The van der Waals surface area contributed by atoms with Gasteiger partial charge in [-0.05, 0) is 57.9 Å². The van der Waals surface area contributed by atoms with E-state index in [-0.39, 0.29) is 0 Å². The number of nitrogens with one attached hydrogen (secondary N) is 1. The molecule has 0 radical (unpaired) electrons. The Hall–Kier alpha value is -1.85. The molecule has 3 rings (SSSR count). The molecule has 0 aromatic heterocycles. The van der Waals surface area contributed by atoms with Crippen LogP contribution in [0.4, 0.5) is 0 Å². The van der Waals surface area contributed by atoms with Crippen molar-refractivity contribution in [3.63, 3.8) is 0 Å². The molecule has 0 unspecified atom stereocenters. The summed E-state index contributed by atoms with van der Waals surface area (Å²) in [6.07, 6.45) is 7.06. The highest BCUT2D eigenvalue weighted by Gasteiger charge is 2.17. The van der Waals surface area contributed by atoms with Gasteiger partial charge in [-0.25, -0.2) is 0 Å². The molecular weight excluding hydrogens is 346 g/mol. The van der Waals surface area contributed by atoms with Gasteiger partial charge in [0.2, 0.25) is 0 Å². The number of benzene rings is 1. The van der Waals surface area contributed by atoms with Gasteiger partial charge in [-0.15, -0.1) is 0 Å². The summed E-state index contributed by atoms with van der Waals surface area (Å²) in [5, 5.41) is 3.59. The molecule has 2 aliphatic heterocycles. The Labute approximate surface area is 171 Å².